The topological polar surface area (TPSA) is 49.4 Å². The molecule has 1 aliphatic heterocycles. The lowest BCUT2D eigenvalue weighted by molar-refractivity contribution is -0.125. The van der Waals surface area contributed by atoms with E-state index in [-0.39, 0.29) is 28.6 Å². The second-order valence-corrected chi connectivity index (χ2v) is 9.03. The van der Waals surface area contributed by atoms with Crippen molar-refractivity contribution >= 4 is 23.6 Å². The Hall–Kier alpha value is -1.49. The monoisotopic (exact) mass is 362 g/mol. The highest BCUT2D eigenvalue weighted by molar-refractivity contribution is 8.00. The van der Waals surface area contributed by atoms with Crippen molar-refractivity contribution in [1.29, 1.82) is 0 Å². The van der Waals surface area contributed by atoms with Crippen LogP contribution in [0, 0.1) is 12.3 Å². The number of hydrogen-bond donors (Lipinski definition) is 1. The zero-order valence-corrected chi connectivity index (χ0v) is 16.9. The predicted octanol–water partition coefficient (Wildman–Crippen LogP) is 3.84. The maximum atomic E-state index is 13.3. The summed E-state index contributed by atoms with van der Waals surface area (Å²) in [7, 11) is 0. The number of aryl methyl sites for hydroxylation is 1. The van der Waals surface area contributed by atoms with E-state index in [1.54, 1.807) is 11.8 Å². The first kappa shape index (κ1) is 19.8. The van der Waals surface area contributed by atoms with Gasteiger partial charge in [-0.1, -0.05) is 45.9 Å². The number of benzene rings is 1. The summed E-state index contributed by atoms with van der Waals surface area (Å²) < 4.78 is 0. The number of amides is 2. The van der Waals surface area contributed by atoms with Gasteiger partial charge in [0.05, 0.1) is 5.37 Å². The third-order valence-corrected chi connectivity index (χ3v) is 6.41. The van der Waals surface area contributed by atoms with Crippen LogP contribution in [-0.2, 0) is 4.79 Å². The molecule has 0 aliphatic carbocycles. The summed E-state index contributed by atoms with van der Waals surface area (Å²) in [4.78, 5) is 27.9. The summed E-state index contributed by atoms with van der Waals surface area (Å²) in [6, 6.07) is 7.29. The van der Waals surface area contributed by atoms with E-state index in [0.29, 0.717) is 11.3 Å². The maximum Gasteiger partial charge on any atom is 0.255 e. The van der Waals surface area contributed by atoms with Crippen molar-refractivity contribution in [1.82, 2.24) is 10.2 Å². The van der Waals surface area contributed by atoms with Gasteiger partial charge in [-0.05, 0) is 37.3 Å². The summed E-state index contributed by atoms with van der Waals surface area (Å²) in [5.41, 5.74) is 1.52. The lowest BCUT2D eigenvalue weighted by atomic mass is 9.94. The van der Waals surface area contributed by atoms with Crippen molar-refractivity contribution in [2.45, 2.75) is 65.4 Å². The zero-order valence-electron chi connectivity index (χ0n) is 16.1. The van der Waals surface area contributed by atoms with E-state index >= 15 is 0 Å². The molecule has 1 heterocycles. The molecule has 3 atom stereocenters. The van der Waals surface area contributed by atoms with Crippen LogP contribution >= 0.6 is 11.8 Å². The number of carbonyl (C=O) groups is 2. The van der Waals surface area contributed by atoms with Gasteiger partial charge in [-0.2, -0.15) is 0 Å². The Morgan fingerprint density at radius 2 is 1.96 bits per heavy atom. The van der Waals surface area contributed by atoms with Gasteiger partial charge >= 0.3 is 0 Å². The highest BCUT2D eigenvalue weighted by atomic mass is 32.2. The number of rotatable bonds is 4. The van der Waals surface area contributed by atoms with Crippen molar-refractivity contribution < 1.29 is 9.59 Å². The second-order valence-electron chi connectivity index (χ2n) is 7.91. The molecule has 3 unspecified atom stereocenters. The summed E-state index contributed by atoms with van der Waals surface area (Å²) >= 11 is 1.70. The highest BCUT2D eigenvalue weighted by Gasteiger charge is 2.46. The minimum Gasteiger partial charge on any atom is -0.352 e. The molecule has 4 nitrogen and oxygen atoms in total. The Bertz CT molecular complexity index is 639. The average molecular weight is 363 g/mol. The number of carbonyl (C=O) groups excluding carboxylic acids is 2. The van der Waals surface area contributed by atoms with Gasteiger partial charge in [-0.15, -0.1) is 11.8 Å². The molecule has 25 heavy (non-hydrogen) atoms. The van der Waals surface area contributed by atoms with Crippen LogP contribution in [0.1, 0.15) is 57.0 Å². The number of nitrogens with one attached hydrogen (secondary N) is 1. The Morgan fingerprint density at radius 1 is 1.32 bits per heavy atom. The van der Waals surface area contributed by atoms with E-state index < -0.39 is 6.04 Å². The van der Waals surface area contributed by atoms with Crippen LogP contribution in [0.2, 0.25) is 0 Å². The van der Waals surface area contributed by atoms with Gasteiger partial charge in [0.15, 0.2) is 0 Å². The first-order valence-corrected chi connectivity index (χ1v) is 10.0. The van der Waals surface area contributed by atoms with Crippen LogP contribution in [0.5, 0.6) is 0 Å². The molecule has 0 bridgehead atoms. The minimum atomic E-state index is -0.421. The lowest BCUT2D eigenvalue weighted by Crippen LogP contribution is -2.53. The van der Waals surface area contributed by atoms with Gasteiger partial charge in [-0.3, -0.25) is 9.59 Å². The number of hydrogen-bond acceptors (Lipinski definition) is 3. The van der Waals surface area contributed by atoms with Gasteiger partial charge in [0.1, 0.15) is 6.04 Å². The molecular formula is C20H30N2O2S. The molecule has 1 N–H and O–H groups in total. The van der Waals surface area contributed by atoms with Gasteiger partial charge in [0, 0.05) is 17.4 Å². The molecule has 0 aromatic heterocycles. The zero-order chi connectivity index (χ0) is 18.8. The molecule has 1 fully saturated rings. The van der Waals surface area contributed by atoms with Gasteiger partial charge in [-0.25, -0.2) is 0 Å². The first-order chi connectivity index (χ1) is 11.7. The molecule has 1 saturated heterocycles. The van der Waals surface area contributed by atoms with Gasteiger partial charge in [0.2, 0.25) is 5.91 Å². The van der Waals surface area contributed by atoms with Crippen molar-refractivity contribution in [2.24, 2.45) is 5.41 Å². The Balaban J connectivity index is 2.36. The van der Waals surface area contributed by atoms with Crippen LogP contribution in [-0.4, -0.2) is 39.9 Å². The summed E-state index contributed by atoms with van der Waals surface area (Å²) in [6.07, 6.45) is 0.875. The largest absolute Gasteiger partial charge is 0.352 e. The third kappa shape index (κ3) is 4.38. The van der Waals surface area contributed by atoms with E-state index in [1.165, 1.54) is 0 Å². The molecule has 0 radical (unpaired) electrons. The van der Waals surface area contributed by atoms with E-state index in [4.69, 9.17) is 0 Å². The molecule has 5 heteroatoms. The quantitative estimate of drug-likeness (QED) is 0.885. The molecule has 0 saturated carbocycles. The van der Waals surface area contributed by atoms with E-state index in [1.807, 2.05) is 49.9 Å². The van der Waals surface area contributed by atoms with Crippen LogP contribution < -0.4 is 5.32 Å². The lowest BCUT2D eigenvalue weighted by Gasteiger charge is -2.37. The molecule has 0 spiro atoms. The van der Waals surface area contributed by atoms with E-state index in [2.05, 4.69) is 26.1 Å². The van der Waals surface area contributed by atoms with Gasteiger partial charge < -0.3 is 10.2 Å². The Morgan fingerprint density at radius 3 is 2.52 bits per heavy atom. The van der Waals surface area contributed by atoms with Crippen LogP contribution in [0.4, 0.5) is 0 Å². The first-order valence-electron chi connectivity index (χ1n) is 8.97. The molecular weight excluding hydrogens is 332 g/mol. The maximum absolute atomic E-state index is 13.3. The summed E-state index contributed by atoms with van der Waals surface area (Å²) in [6.45, 7) is 12.3. The van der Waals surface area contributed by atoms with Crippen molar-refractivity contribution in [3.05, 3.63) is 35.4 Å². The summed E-state index contributed by atoms with van der Waals surface area (Å²) in [5.74, 6) is 0.546. The van der Waals surface area contributed by atoms with Crippen LogP contribution in [0.25, 0.3) is 0 Å². The smallest absolute Gasteiger partial charge is 0.255 e. The predicted molar refractivity (Wildman–Crippen MR) is 105 cm³/mol. The van der Waals surface area contributed by atoms with Crippen molar-refractivity contribution in [3.63, 3.8) is 0 Å². The van der Waals surface area contributed by atoms with Gasteiger partial charge in [0.25, 0.3) is 5.91 Å². The van der Waals surface area contributed by atoms with Crippen molar-refractivity contribution in [3.8, 4) is 0 Å². The fourth-order valence-electron chi connectivity index (χ4n) is 3.02. The third-order valence-electron chi connectivity index (χ3n) is 4.65. The summed E-state index contributed by atoms with van der Waals surface area (Å²) in [5, 5.41) is 3.03. The standard InChI is InChI=1S/C20H30N2O2S/c1-7-14(3)21-17(23)16-12-25-19(20(4,5)6)22(16)18(24)15-11-9-8-10-13(15)2/h8-11,14,16,19H,7,12H2,1-6H3,(H,21,23). The van der Waals surface area contributed by atoms with Crippen LogP contribution in [0.15, 0.2) is 24.3 Å². The molecule has 1 aromatic rings. The fraction of sp³-hybridized carbons (Fsp3) is 0.600. The highest BCUT2D eigenvalue weighted by Crippen LogP contribution is 2.41. The van der Waals surface area contributed by atoms with E-state index in [0.717, 1.165) is 12.0 Å². The fourth-order valence-corrected chi connectivity index (χ4v) is 4.60. The Labute approximate surface area is 155 Å². The SMILES string of the molecule is CCC(C)NC(=O)C1CSC(C(C)(C)C)N1C(=O)c1ccccc1C. The minimum absolute atomic E-state index is 0.0210. The average Bonchev–Trinajstić information content (AvgIpc) is 2.99. The van der Waals surface area contributed by atoms with Crippen LogP contribution in [0.3, 0.4) is 0 Å². The molecule has 1 aromatic carbocycles. The number of nitrogens with zero attached hydrogens (tertiary/aromatic N) is 1. The number of thioether (sulfide) groups is 1. The Kier molecular flexibility index (Phi) is 6.20. The molecule has 138 valence electrons. The molecule has 2 rings (SSSR count). The normalized spacial score (nSPS) is 21.9. The molecule has 1 aliphatic rings. The van der Waals surface area contributed by atoms with E-state index in [9.17, 15) is 9.59 Å². The second kappa shape index (κ2) is 7.81. The van der Waals surface area contributed by atoms with Crippen molar-refractivity contribution in [2.75, 3.05) is 5.75 Å². The molecule has 2 amide bonds.